The molecule has 1 aromatic carbocycles. The van der Waals surface area contributed by atoms with Crippen molar-refractivity contribution in [3.05, 3.63) is 35.9 Å². The average Bonchev–Trinajstić information content (AvgIpc) is 2.19. The summed E-state index contributed by atoms with van der Waals surface area (Å²) in [6.45, 7) is 2.19. The Bertz CT molecular complexity index is 315. The summed E-state index contributed by atoms with van der Waals surface area (Å²) in [5, 5.41) is 0. The van der Waals surface area contributed by atoms with Crippen molar-refractivity contribution in [2.75, 3.05) is 0 Å². The van der Waals surface area contributed by atoms with Crippen molar-refractivity contribution in [2.45, 2.75) is 32.1 Å². The van der Waals surface area contributed by atoms with Gasteiger partial charge in [-0.2, -0.15) is 0 Å². The maximum Gasteiger partial charge on any atom is 0.140 e. The second kappa shape index (κ2) is 3.95. The lowest BCUT2D eigenvalue weighted by molar-refractivity contribution is -0.123. The molecule has 1 aliphatic carbocycles. The van der Waals surface area contributed by atoms with Crippen LogP contribution in [0.25, 0.3) is 0 Å². The van der Waals surface area contributed by atoms with E-state index < -0.39 is 0 Å². The Kier molecular flexibility index (Phi) is 2.67. The van der Waals surface area contributed by atoms with Gasteiger partial charge in [0.05, 0.1) is 0 Å². The van der Waals surface area contributed by atoms with Crippen LogP contribution >= 0.6 is 0 Å². The number of ketones is 1. The fraction of sp³-hybridized carbons (Fsp3) is 0.462. The van der Waals surface area contributed by atoms with Crippen LogP contribution in [0.5, 0.6) is 0 Å². The van der Waals surface area contributed by atoms with Crippen molar-refractivity contribution in [3.8, 4) is 0 Å². The number of hydrogen-bond donors (Lipinski definition) is 0. The van der Waals surface area contributed by atoms with Crippen molar-refractivity contribution in [1.29, 1.82) is 0 Å². The lowest BCUT2D eigenvalue weighted by Gasteiger charge is -2.27. The number of benzene rings is 1. The summed E-state index contributed by atoms with van der Waals surface area (Å²) in [7, 11) is 0. The molecule has 74 valence electrons. The molecule has 2 unspecified atom stereocenters. The van der Waals surface area contributed by atoms with Crippen LogP contribution in [0, 0.1) is 5.92 Å². The van der Waals surface area contributed by atoms with E-state index in [9.17, 15) is 4.79 Å². The van der Waals surface area contributed by atoms with Crippen LogP contribution in [0.15, 0.2) is 30.3 Å². The van der Waals surface area contributed by atoms with Crippen molar-refractivity contribution < 1.29 is 4.79 Å². The van der Waals surface area contributed by atoms with Gasteiger partial charge in [0.25, 0.3) is 0 Å². The van der Waals surface area contributed by atoms with Gasteiger partial charge in [0, 0.05) is 12.3 Å². The largest absolute Gasteiger partial charge is 0.299 e. The molecule has 0 saturated heterocycles. The third-order valence-corrected chi connectivity index (χ3v) is 3.16. The monoisotopic (exact) mass is 188 g/mol. The molecule has 0 aromatic heterocycles. The molecule has 1 nitrogen and oxygen atoms in total. The van der Waals surface area contributed by atoms with Crippen molar-refractivity contribution in [1.82, 2.24) is 0 Å². The topological polar surface area (TPSA) is 17.1 Å². The first-order valence-electron chi connectivity index (χ1n) is 5.36. The maximum absolute atomic E-state index is 11.8. The first-order valence-corrected chi connectivity index (χ1v) is 5.36. The summed E-state index contributed by atoms with van der Waals surface area (Å²) in [6, 6.07) is 10.2. The van der Waals surface area contributed by atoms with Crippen LogP contribution in [-0.2, 0) is 4.79 Å². The van der Waals surface area contributed by atoms with Gasteiger partial charge in [-0.1, -0.05) is 37.3 Å². The third-order valence-electron chi connectivity index (χ3n) is 3.16. The van der Waals surface area contributed by atoms with Crippen LogP contribution in [0.4, 0.5) is 0 Å². The van der Waals surface area contributed by atoms with E-state index >= 15 is 0 Å². The quantitative estimate of drug-likeness (QED) is 0.661. The summed E-state index contributed by atoms with van der Waals surface area (Å²) in [5.41, 5.74) is 1.20. The van der Waals surface area contributed by atoms with E-state index in [0.717, 1.165) is 12.8 Å². The van der Waals surface area contributed by atoms with Gasteiger partial charge in [-0.25, -0.2) is 0 Å². The van der Waals surface area contributed by atoms with Crippen LogP contribution in [-0.4, -0.2) is 5.78 Å². The molecule has 0 aliphatic heterocycles. The fourth-order valence-corrected chi connectivity index (χ4v) is 2.41. The van der Waals surface area contributed by atoms with Gasteiger partial charge < -0.3 is 0 Å². The normalized spacial score (nSPS) is 27.6. The van der Waals surface area contributed by atoms with E-state index in [-0.39, 0.29) is 5.92 Å². The van der Waals surface area contributed by atoms with E-state index in [1.54, 1.807) is 0 Å². The summed E-state index contributed by atoms with van der Waals surface area (Å²) in [4.78, 5) is 11.8. The molecule has 1 aromatic rings. The zero-order chi connectivity index (χ0) is 9.97. The molecule has 0 bridgehead atoms. The Balaban J connectivity index is 2.27. The Labute approximate surface area is 85.1 Å². The molecule has 2 atom stereocenters. The second-order valence-corrected chi connectivity index (χ2v) is 4.22. The molecule has 0 spiro atoms. The molecular weight excluding hydrogens is 172 g/mol. The summed E-state index contributed by atoms with van der Waals surface area (Å²) < 4.78 is 0. The molecule has 0 heterocycles. The van der Waals surface area contributed by atoms with Gasteiger partial charge in [0.15, 0.2) is 0 Å². The highest BCUT2D eigenvalue weighted by Crippen LogP contribution is 2.34. The summed E-state index contributed by atoms with van der Waals surface area (Å²) >= 11 is 0. The minimum absolute atomic E-state index is 0.157. The number of hydrogen-bond acceptors (Lipinski definition) is 1. The van der Waals surface area contributed by atoms with Gasteiger partial charge in [-0.05, 0) is 24.3 Å². The van der Waals surface area contributed by atoms with E-state index in [2.05, 4.69) is 19.1 Å². The lowest BCUT2D eigenvalue weighted by Crippen LogP contribution is -2.24. The zero-order valence-electron chi connectivity index (χ0n) is 8.57. The van der Waals surface area contributed by atoms with Crippen molar-refractivity contribution >= 4 is 5.78 Å². The highest BCUT2D eigenvalue weighted by molar-refractivity contribution is 5.86. The molecular formula is C13H16O. The Morgan fingerprint density at radius 3 is 2.57 bits per heavy atom. The number of carbonyl (C=O) groups is 1. The van der Waals surface area contributed by atoms with E-state index in [4.69, 9.17) is 0 Å². The molecule has 0 radical (unpaired) electrons. The van der Waals surface area contributed by atoms with Gasteiger partial charge in [-0.3, -0.25) is 4.79 Å². The number of rotatable bonds is 1. The van der Waals surface area contributed by atoms with Gasteiger partial charge >= 0.3 is 0 Å². The maximum atomic E-state index is 11.8. The van der Waals surface area contributed by atoms with Crippen molar-refractivity contribution in [3.63, 3.8) is 0 Å². The molecule has 14 heavy (non-hydrogen) atoms. The average molecular weight is 188 g/mol. The third kappa shape index (κ3) is 1.72. The molecule has 0 amide bonds. The second-order valence-electron chi connectivity index (χ2n) is 4.22. The molecule has 1 saturated carbocycles. The highest BCUT2D eigenvalue weighted by Gasteiger charge is 2.29. The standard InChI is InChI=1S/C13H16O/c1-10-6-5-9-12(14)13(10)11-7-3-2-4-8-11/h2-4,7-8,10,13H,5-6,9H2,1H3. The number of carbonyl (C=O) groups excluding carboxylic acids is 1. The van der Waals surface area contributed by atoms with E-state index in [0.29, 0.717) is 11.7 Å². The minimum Gasteiger partial charge on any atom is -0.299 e. The summed E-state index contributed by atoms with van der Waals surface area (Å²) in [5.74, 6) is 1.10. The van der Waals surface area contributed by atoms with E-state index in [1.165, 1.54) is 12.0 Å². The zero-order valence-corrected chi connectivity index (χ0v) is 8.57. The number of Topliss-reactive ketones (excluding diaryl/α,β-unsaturated/α-hetero) is 1. The van der Waals surface area contributed by atoms with Gasteiger partial charge in [0.1, 0.15) is 5.78 Å². The SMILES string of the molecule is CC1CCCC(=O)C1c1ccccc1. The predicted molar refractivity (Wildman–Crippen MR) is 57.2 cm³/mol. The summed E-state index contributed by atoms with van der Waals surface area (Å²) in [6.07, 6.45) is 3.03. The smallest absolute Gasteiger partial charge is 0.140 e. The lowest BCUT2D eigenvalue weighted by atomic mass is 9.76. The molecule has 1 heteroatoms. The first-order chi connectivity index (χ1) is 6.79. The minimum atomic E-state index is 0.157. The van der Waals surface area contributed by atoms with E-state index in [1.807, 2.05) is 18.2 Å². The van der Waals surface area contributed by atoms with Crippen molar-refractivity contribution in [2.24, 2.45) is 5.92 Å². The predicted octanol–water partition coefficient (Wildman–Crippen LogP) is 3.16. The van der Waals surface area contributed by atoms with Crippen LogP contribution in [0.1, 0.15) is 37.7 Å². The molecule has 1 aliphatic rings. The van der Waals surface area contributed by atoms with Gasteiger partial charge in [-0.15, -0.1) is 0 Å². The molecule has 2 rings (SSSR count). The van der Waals surface area contributed by atoms with Crippen LogP contribution in [0.3, 0.4) is 0 Å². The Morgan fingerprint density at radius 2 is 1.93 bits per heavy atom. The van der Waals surface area contributed by atoms with Crippen LogP contribution in [0.2, 0.25) is 0 Å². The van der Waals surface area contributed by atoms with Crippen LogP contribution < -0.4 is 0 Å². The van der Waals surface area contributed by atoms with Gasteiger partial charge in [0.2, 0.25) is 0 Å². The Morgan fingerprint density at radius 1 is 1.21 bits per heavy atom. The molecule has 1 fully saturated rings. The molecule has 0 N–H and O–H groups in total. The Hall–Kier alpha value is -1.11. The highest BCUT2D eigenvalue weighted by atomic mass is 16.1. The first kappa shape index (κ1) is 9.45. The fourth-order valence-electron chi connectivity index (χ4n) is 2.41.